The van der Waals surface area contributed by atoms with Gasteiger partial charge in [0.1, 0.15) is 11.6 Å². The van der Waals surface area contributed by atoms with Crippen LogP contribution in [0.4, 0.5) is 5.69 Å². The average Bonchev–Trinajstić information content (AvgIpc) is 2.62. The summed E-state index contributed by atoms with van der Waals surface area (Å²) in [5, 5.41) is 21.0. The summed E-state index contributed by atoms with van der Waals surface area (Å²) < 4.78 is 0. The summed E-state index contributed by atoms with van der Waals surface area (Å²) in [6.07, 6.45) is 3.15. The highest BCUT2D eigenvalue weighted by Gasteiger charge is 2.25. The fourth-order valence-electron chi connectivity index (χ4n) is 2.74. The standard InChI is InChI=1S/C18H22N4O3/c1-21-9-7-16(8-10-21)22(2)17(23)14(11-19)12-20-15-5-3-13(4-6-15)18(24)25/h3-6,12,16,20H,7-10H2,1-2H3,(H,24,25)/b14-12-. The summed E-state index contributed by atoms with van der Waals surface area (Å²) in [5.41, 5.74) is 0.796. The zero-order valence-electron chi connectivity index (χ0n) is 14.4. The number of nitriles is 1. The van der Waals surface area contributed by atoms with Crippen molar-refractivity contribution >= 4 is 17.6 Å². The van der Waals surface area contributed by atoms with Crippen molar-refractivity contribution < 1.29 is 14.7 Å². The van der Waals surface area contributed by atoms with Gasteiger partial charge in [-0.15, -0.1) is 0 Å². The SMILES string of the molecule is CN1CCC(N(C)C(=O)/C(C#N)=C\Nc2ccc(C(=O)O)cc2)CC1. The van der Waals surface area contributed by atoms with Crippen LogP contribution in [0.25, 0.3) is 0 Å². The van der Waals surface area contributed by atoms with Gasteiger partial charge in [-0.2, -0.15) is 5.26 Å². The molecule has 25 heavy (non-hydrogen) atoms. The molecule has 1 aliphatic heterocycles. The van der Waals surface area contributed by atoms with E-state index in [1.165, 1.54) is 18.3 Å². The Morgan fingerprint density at radius 1 is 1.32 bits per heavy atom. The highest BCUT2D eigenvalue weighted by Crippen LogP contribution is 2.16. The molecular formula is C18H22N4O3. The number of carboxylic acid groups (broad SMARTS) is 1. The number of nitrogens with one attached hydrogen (secondary N) is 1. The lowest BCUT2D eigenvalue weighted by Crippen LogP contribution is -2.44. The number of nitrogens with zero attached hydrogens (tertiary/aromatic N) is 3. The predicted molar refractivity (Wildman–Crippen MR) is 94.0 cm³/mol. The molecule has 0 aromatic heterocycles. The molecule has 0 saturated carbocycles. The topological polar surface area (TPSA) is 96.7 Å². The van der Waals surface area contributed by atoms with Gasteiger partial charge in [-0.25, -0.2) is 4.79 Å². The third-order valence-corrected chi connectivity index (χ3v) is 4.42. The van der Waals surface area contributed by atoms with E-state index in [1.807, 2.05) is 6.07 Å². The molecule has 1 aromatic carbocycles. The molecule has 0 atom stereocenters. The summed E-state index contributed by atoms with van der Waals surface area (Å²) in [6, 6.07) is 8.15. The molecule has 2 N–H and O–H groups in total. The van der Waals surface area contributed by atoms with Crippen LogP contribution in [-0.2, 0) is 4.79 Å². The molecule has 1 aliphatic rings. The van der Waals surface area contributed by atoms with Crippen LogP contribution in [0.2, 0.25) is 0 Å². The Hall–Kier alpha value is -2.85. The van der Waals surface area contributed by atoms with E-state index in [1.54, 1.807) is 24.1 Å². The number of hydrogen-bond donors (Lipinski definition) is 2. The van der Waals surface area contributed by atoms with E-state index in [-0.39, 0.29) is 23.1 Å². The van der Waals surface area contributed by atoms with Crippen LogP contribution in [0.3, 0.4) is 0 Å². The number of anilines is 1. The second-order valence-electron chi connectivity index (χ2n) is 6.15. The molecule has 0 spiro atoms. The molecule has 7 heteroatoms. The first-order valence-corrected chi connectivity index (χ1v) is 8.08. The maximum absolute atomic E-state index is 12.5. The van der Waals surface area contributed by atoms with E-state index in [0.717, 1.165) is 25.9 Å². The third kappa shape index (κ3) is 4.81. The molecule has 132 valence electrons. The number of carbonyl (C=O) groups is 2. The van der Waals surface area contributed by atoms with Crippen molar-refractivity contribution in [3.63, 3.8) is 0 Å². The summed E-state index contributed by atoms with van der Waals surface area (Å²) in [7, 11) is 3.78. The fraction of sp³-hybridized carbons (Fsp3) is 0.389. The molecule has 2 rings (SSSR count). The lowest BCUT2D eigenvalue weighted by Gasteiger charge is -2.34. The number of carbonyl (C=O) groups excluding carboxylic acids is 1. The first kappa shape index (κ1) is 18.5. The Balaban J connectivity index is 2.02. The Morgan fingerprint density at radius 2 is 1.92 bits per heavy atom. The van der Waals surface area contributed by atoms with Crippen molar-refractivity contribution in [2.45, 2.75) is 18.9 Å². The Labute approximate surface area is 147 Å². The highest BCUT2D eigenvalue weighted by molar-refractivity contribution is 5.97. The monoisotopic (exact) mass is 342 g/mol. The third-order valence-electron chi connectivity index (χ3n) is 4.42. The van der Waals surface area contributed by atoms with Gasteiger partial charge < -0.3 is 20.2 Å². The molecule has 0 radical (unpaired) electrons. The van der Waals surface area contributed by atoms with Gasteiger partial charge in [0.25, 0.3) is 5.91 Å². The van der Waals surface area contributed by atoms with Crippen LogP contribution < -0.4 is 5.32 Å². The van der Waals surface area contributed by atoms with Crippen LogP contribution in [-0.4, -0.2) is 60.0 Å². The zero-order valence-corrected chi connectivity index (χ0v) is 14.4. The van der Waals surface area contributed by atoms with E-state index in [0.29, 0.717) is 5.69 Å². The number of likely N-dealkylation sites (tertiary alicyclic amines) is 1. The van der Waals surface area contributed by atoms with Crippen LogP contribution in [0.1, 0.15) is 23.2 Å². The van der Waals surface area contributed by atoms with Gasteiger partial charge in [-0.3, -0.25) is 4.79 Å². The first-order chi connectivity index (χ1) is 11.9. The summed E-state index contributed by atoms with van der Waals surface area (Å²) in [5.74, 6) is -1.32. The number of rotatable bonds is 5. The second-order valence-corrected chi connectivity index (χ2v) is 6.15. The van der Waals surface area contributed by atoms with Crippen molar-refractivity contribution in [2.75, 3.05) is 32.5 Å². The predicted octanol–water partition coefficient (Wildman–Crippen LogP) is 1.76. The second kappa shape index (κ2) is 8.31. The molecule has 1 saturated heterocycles. The quantitative estimate of drug-likeness (QED) is 0.625. The molecule has 1 amide bonds. The van der Waals surface area contributed by atoms with E-state index < -0.39 is 5.97 Å². The number of likely N-dealkylation sites (N-methyl/N-ethyl adjacent to an activating group) is 1. The molecular weight excluding hydrogens is 320 g/mol. The van der Waals surface area contributed by atoms with Crippen LogP contribution in [0, 0.1) is 11.3 Å². The lowest BCUT2D eigenvalue weighted by atomic mass is 10.0. The summed E-state index contributed by atoms with van der Waals surface area (Å²) >= 11 is 0. The normalized spacial score (nSPS) is 16.1. The molecule has 1 aromatic rings. The van der Waals surface area contributed by atoms with Crippen molar-refractivity contribution in [3.8, 4) is 6.07 Å². The fourth-order valence-corrected chi connectivity index (χ4v) is 2.74. The van der Waals surface area contributed by atoms with Crippen LogP contribution in [0.15, 0.2) is 36.0 Å². The Kier molecular flexibility index (Phi) is 6.14. The minimum atomic E-state index is -1.00. The number of carboxylic acids is 1. The van der Waals surface area contributed by atoms with Gasteiger partial charge >= 0.3 is 5.97 Å². The highest BCUT2D eigenvalue weighted by atomic mass is 16.4. The average molecular weight is 342 g/mol. The minimum absolute atomic E-state index is 0.0174. The van der Waals surface area contributed by atoms with Gasteiger partial charge in [0.05, 0.1) is 5.56 Å². The van der Waals surface area contributed by atoms with Crippen molar-refractivity contribution in [1.29, 1.82) is 5.26 Å². The molecule has 1 heterocycles. The number of benzene rings is 1. The largest absolute Gasteiger partial charge is 0.478 e. The van der Waals surface area contributed by atoms with Gasteiger partial charge in [0.15, 0.2) is 0 Å². The van der Waals surface area contributed by atoms with Gasteiger partial charge in [-0.05, 0) is 57.2 Å². The lowest BCUT2D eigenvalue weighted by molar-refractivity contribution is -0.128. The smallest absolute Gasteiger partial charge is 0.335 e. The van der Waals surface area contributed by atoms with E-state index in [2.05, 4.69) is 17.3 Å². The van der Waals surface area contributed by atoms with Crippen molar-refractivity contribution in [2.24, 2.45) is 0 Å². The number of piperidine rings is 1. The first-order valence-electron chi connectivity index (χ1n) is 8.08. The maximum atomic E-state index is 12.5. The van der Waals surface area contributed by atoms with Gasteiger partial charge in [0.2, 0.25) is 0 Å². The van der Waals surface area contributed by atoms with E-state index in [4.69, 9.17) is 5.11 Å². The summed E-state index contributed by atoms with van der Waals surface area (Å²) in [4.78, 5) is 27.2. The molecule has 0 aliphatic carbocycles. The van der Waals surface area contributed by atoms with Crippen molar-refractivity contribution in [1.82, 2.24) is 9.80 Å². The van der Waals surface area contributed by atoms with E-state index in [9.17, 15) is 14.9 Å². The minimum Gasteiger partial charge on any atom is -0.478 e. The van der Waals surface area contributed by atoms with Gasteiger partial charge in [0, 0.05) is 25.0 Å². The zero-order chi connectivity index (χ0) is 18.4. The molecule has 0 bridgehead atoms. The van der Waals surface area contributed by atoms with E-state index >= 15 is 0 Å². The molecule has 7 nitrogen and oxygen atoms in total. The van der Waals surface area contributed by atoms with Gasteiger partial charge in [-0.1, -0.05) is 0 Å². The number of amides is 1. The van der Waals surface area contributed by atoms with Crippen LogP contribution >= 0.6 is 0 Å². The molecule has 0 unspecified atom stereocenters. The number of hydrogen-bond acceptors (Lipinski definition) is 5. The Morgan fingerprint density at radius 3 is 2.44 bits per heavy atom. The summed E-state index contributed by atoms with van der Waals surface area (Å²) in [6.45, 7) is 1.87. The number of aromatic carboxylic acids is 1. The molecule has 1 fully saturated rings. The Bertz CT molecular complexity index is 698. The van der Waals surface area contributed by atoms with Crippen molar-refractivity contribution in [3.05, 3.63) is 41.6 Å². The van der Waals surface area contributed by atoms with Crippen LogP contribution in [0.5, 0.6) is 0 Å². The maximum Gasteiger partial charge on any atom is 0.335 e.